The van der Waals surface area contributed by atoms with Crippen molar-refractivity contribution in [3.8, 4) is 11.4 Å². The first-order valence-corrected chi connectivity index (χ1v) is 9.94. The number of hydrogen-bond donors (Lipinski definition) is 1. The van der Waals surface area contributed by atoms with E-state index in [2.05, 4.69) is 15.5 Å². The van der Waals surface area contributed by atoms with Crippen LogP contribution in [-0.2, 0) is 16.1 Å². The minimum Gasteiger partial charge on any atom is -0.325 e. The van der Waals surface area contributed by atoms with Crippen LogP contribution in [0.3, 0.4) is 0 Å². The molecule has 8 heteroatoms. The van der Waals surface area contributed by atoms with E-state index in [-0.39, 0.29) is 18.4 Å². The second-order valence-corrected chi connectivity index (χ2v) is 7.32. The van der Waals surface area contributed by atoms with E-state index in [1.54, 1.807) is 11.2 Å². The van der Waals surface area contributed by atoms with Gasteiger partial charge in [0, 0.05) is 22.7 Å². The van der Waals surface area contributed by atoms with Crippen LogP contribution in [0.1, 0.15) is 6.92 Å². The fourth-order valence-electron chi connectivity index (χ4n) is 3.12. The SMILES string of the molecule is CCn1cnnc1-c1cccc(NC(=O)CN2C(=O)CSc3ccccc32)c1. The number of carbonyl (C=O) groups is 2. The zero-order valence-corrected chi connectivity index (χ0v) is 16.1. The number of aryl methyl sites for hydroxylation is 1. The third-order valence-corrected chi connectivity index (χ3v) is 5.52. The molecular formula is C20H19N5O2S. The van der Waals surface area contributed by atoms with E-state index in [1.165, 1.54) is 11.8 Å². The van der Waals surface area contributed by atoms with E-state index in [1.807, 2.05) is 60.0 Å². The summed E-state index contributed by atoms with van der Waals surface area (Å²) in [7, 11) is 0. The van der Waals surface area contributed by atoms with E-state index < -0.39 is 0 Å². The van der Waals surface area contributed by atoms with Gasteiger partial charge in [0.1, 0.15) is 12.9 Å². The number of rotatable bonds is 5. The summed E-state index contributed by atoms with van der Waals surface area (Å²) in [6.45, 7) is 2.75. The topological polar surface area (TPSA) is 80.1 Å². The highest BCUT2D eigenvalue weighted by Gasteiger charge is 2.26. The lowest BCUT2D eigenvalue weighted by Crippen LogP contribution is -2.41. The largest absolute Gasteiger partial charge is 0.325 e. The Bertz CT molecular complexity index is 1030. The molecule has 2 amide bonds. The summed E-state index contributed by atoms with van der Waals surface area (Å²) in [4.78, 5) is 27.5. The number of nitrogens with zero attached hydrogens (tertiary/aromatic N) is 4. The fraction of sp³-hybridized carbons (Fsp3) is 0.200. The molecule has 0 atom stereocenters. The highest BCUT2D eigenvalue weighted by molar-refractivity contribution is 8.00. The predicted molar refractivity (Wildman–Crippen MR) is 109 cm³/mol. The number of carbonyl (C=O) groups excluding carboxylic acids is 2. The maximum absolute atomic E-state index is 12.6. The summed E-state index contributed by atoms with van der Waals surface area (Å²) in [6.07, 6.45) is 1.68. The molecule has 0 unspecified atom stereocenters. The van der Waals surface area contributed by atoms with Crippen LogP contribution < -0.4 is 10.2 Å². The van der Waals surface area contributed by atoms with Gasteiger partial charge in [0.2, 0.25) is 11.8 Å². The van der Waals surface area contributed by atoms with Crippen LogP contribution in [0.25, 0.3) is 11.4 Å². The monoisotopic (exact) mass is 393 g/mol. The van der Waals surface area contributed by atoms with E-state index in [0.717, 1.165) is 28.5 Å². The smallest absolute Gasteiger partial charge is 0.244 e. The first-order valence-electron chi connectivity index (χ1n) is 8.96. The number of amides is 2. The molecule has 28 heavy (non-hydrogen) atoms. The van der Waals surface area contributed by atoms with Crippen LogP contribution in [0.4, 0.5) is 11.4 Å². The van der Waals surface area contributed by atoms with Crippen molar-refractivity contribution in [3.05, 3.63) is 54.9 Å². The summed E-state index contributed by atoms with van der Waals surface area (Å²) in [5.41, 5.74) is 2.30. The molecule has 0 radical (unpaired) electrons. The Morgan fingerprint density at radius 3 is 2.93 bits per heavy atom. The van der Waals surface area contributed by atoms with Gasteiger partial charge < -0.3 is 14.8 Å². The van der Waals surface area contributed by atoms with Gasteiger partial charge in [0.15, 0.2) is 5.82 Å². The first-order chi connectivity index (χ1) is 13.7. The van der Waals surface area contributed by atoms with Gasteiger partial charge in [-0.05, 0) is 31.2 Å². The average molecular weight is 393 g/mol. The molecule has 4 rings (SSSR count). The summed E-state index contributed by atoms with van der Waals surface area (Å²) in [6, 6.07) is 15.1. The second-order valence-electron chi connectivity index (χ2n) is 6.31. The number of nitrogens with one attached hydrogen (secondary N) is 1. The number of thioether (sulfide) groups is 1. The minimum absolute atomic E-state index is 0.0220. The third-order valence-electron chi connectivity index (χ3n) is 4.47. The van der Waals surface area contributed by atoms with Gasteiger partial charge >= 0.3 is 0 Å². The molecule has 1 N–H and O–H groups in total. The summed E-state index contributed by atoms with van der Waals surface area (Å²) in [5.74, 6) is 0.774. The summed E-state index contributed by atoms with van der Waals surface area (Å²) < 4.78 is 1.93. The highest BCUT2D eigenvalue weighted by atomic mass is 32.2. The van der Waals surface area contributed by atoms with Crippen molar-refractivity contribution in [2.24, 2.45) is 0 Å². The summed E-state index contributed by atoms with van der Waals surface area (Å²) >= 11 is 1.50. The molecule has 2 aromatic carbocycles. The Morgan fingerprint density at radius 1 is 1.21 bits per heavy atom. The molecule has 3 aromatic rings. The molecule has 0 saturated heterocycles. The van der Waals surface area contributed by atoms with Gasteiger partial charge in [0.05, 0.1) is 11.4 Å². The molecule has 7 nitrogen and oxygen atoms in total. The molecule has 1 aromatic heterocycles. The molecule has 2 heterocycles. The van der Waals surface area contributed by atoms with Crippen LogP contribution in [0.15, 0.2) is 59.8 Å². The third kappa shape index (κ3) is 3.63. The number of aromatic nitrogens is 3. The van der Waals surface area contributed by atoms with Gasteiger partial charge in [-0.3, -0.25) is 9.59 Å². The van der Waals surface area contributed by atoms with Gasteiger partial charge in [-0.2, -0.15) is 0 Å². The van der Waals surface area contributed by atoms with Crippen LogP contribution >= 0.6 is 11.8 Å². The lowest BCUT2D eigenvalue weighted by atomic mass is 10.2. The maximum atomic E-state index is 12.6. The van der Waals surface area contributed by atoms with Gasteiger partial charge in [-0.1, -0.05) is 24.3 Å². The fourth-order valence-corrected chi connectivity index (χ4v) is 4.05. The van der Waals surface area contributed by atoms with Crippen molar-refractivity contribution in [2.45, 2.75) is 18.4 Å². The Balaban J connectivity index is 1.51. The minimum atomic E-state index is -0.246. The van der Waals surface area contributed by atoms with E-state index in [0.29, 0.717) is 11.4 Å². The van der Waals surface area contributed by atoms with Crippen molar-refractivity contribution < 1.29 is 9.59 Å². The van der Waals surface area contributed by atoms with Crippen molar-refractivity contribution in [2.75, 3.05) is 22.5 Å². The van der Waals surface area contributed by atoms with Crippen molar-refractivity contribution in [1.82, 2.24) is 14.8 Å². The summed E-state index contributed by atoms with van der Waals surface area (Å²) in [5, 5.41) is 11.0. The first kappa shape index (κ1) is 18.2. The molecule has 0 spiro atoms. The number of hydrogen-bond acceptors (Lipinski definition) is 5. The van der Waals surface area contributed by atoms with Gasteiger partial charge in [-0.25, -0.2) is 0 Å². The lowest BCUT2D eigenvalue weighted by molar-refractivity contribution is -0.120. The Kier molecular flexibility index (Phi) is 5.12. The zero-order valence-electron chi connectivity index (χ0n) is 15.3. The molecule has 142 valence electrons. The zero-order chi connectivity index (χ0) is 19.5. The van der Waals surface area contributed by atoms with E-state index in [9.17, 15) is 9.59 Å². The standard InChI is InChI=1S/C20H19N5O2S/c1-2-24-13-21-23-20(24)14-6-5-7-15(10-14)22-18(26)11-25-16-8-3-4-9-17(16)28-12-19(25)27/h3-10,13H,2,11-12H2,1H3,(H,22,26). The van der Waals surface area contributed by atoms with Crippen molar-refractivity contribution in [3.63, 3.8) is 0 Å². The lowest BCUT2D eigenvalue weighted by Gasteiger charge is -2.28. The van der Waals surface area contributed by atoms with Crippen LogP contribution in [0, 0.1) is 0 Å². The number of para-hydroxylation sites is 1. The van der Waals surface area contributed by atoms with Crippen LogP contribution in [0.2, 0.25) is 0 Å². The Hall–Kier alpha value is -3.13. The quantitative estimate of drug-likeness (QED) is 0.721. The normalized spacial score (nSPS) is 13.3. The predicted octanol–water partition coefficient (Wildman–Crippen LogP) is 3.04. The molecular weight excluding hydrogens is 374 g/mol. The number of anilines is 2. The Labute approximate surface area is 166 Å². The maximum Gasteiger partial charge on any atom is 0.244 e. The van der Waals surface area contributed by atoms with Crippen LogP contribution in [-0.4, -0.2) is 38.9 Å². The molecule has 1 aliphatic rings. The average Bonchev–Trinajstić information content (AvgIpc) is 3.19. The van der Waals surface area contributed by atoms with Crippen molar-refractivity contribution >= 4 is 35.0 Å². The number of benzene rings is 2. The highest BCUT2D eigenvalue weighted by Crippen LogP contribution is 2.34. The van der Waals surface area contributed by atoms with Gasteiger partial charge in [0.25, 0.3) is 0 Å². The van der Waals surface area contributed by atoms with E-state index >= 15 is 0 Å². The number of fused-ring (bicyclic) bond motifs is 1. The second kappa shape index (κ2) is 7.85. The molecule has 0 bridgehead atoms. The van der Waals surface area contributed by atoms with Crippen molar-refractivity contribution in [1.29, 1.82) is 0 Å². The molecule has 0 fully saturated rings. The molecule has 1 aliphatic heterocycles. The Morgan fingerprint density at radius 2 is 2.07 bits per heavy atom. The van der Waals surface area contributed by atoms with Gasteiger partial charge in [-0.15, -0.1) is 22.0 Å². The molecule has 0 aliphatic carbocycles. The van der Waals surface area contributed by atoms with E-state index in [4.69, 9.17) is 0 Å². The molecule has 0 saturated carbocycles. The van der Waals surface area contributed by atoms with Crippen LogP contribution in [0.5, 0.6) is 0 Å².